The first-order valence-corrected chi connectivity index (χ1v) is 16.5. The Morgan fingerprint density at radius 3 is 1.21 bits per heavy atom. The number of aliphatic hydroxyl groups excluding tert-OH is 1. The van der Waals surface area contributed by atoms with Crippen LogP contribution in [0, 0.1) is 131 Å². The molecule has 0 spiro atoms. The van der Waals surface area contributed by atoms with Crippen LogP contribution in [0.5, 0.6) is 0 Å². The van der Waals surface area contributed by atoms with Crippen molar-refractivity contribution in [3.63, 3.8) is 0 Å². The summed E-state index contributed by atoms with van der Waals surface area (Å²) in [6.45, 7) is 4.79. The molecular formula is C39H47Ar3F3N4O4. The molecule has 4 rings (SSSR count). The Morgan fingerprint density at radius 2 is 0.868 bits per heavy atom. The van der Waals surface area contributed by atoms with Crippen molar-refractivity contribution < 1.29 is 146 Å². The summed E-state index contributed by atoms with van der Waals surface area (Å²) in [5, 5.41) is 8.86. The Morgan fingerprint density at radius 1 is 0.547 bits per heavy atom. The van der Waals surface area contributed by atoms with E-state index in [0.717, 1.165) is 34.5 Å². The Kier molecular flexibility index (Phi) is 33.3. The number of hydrogen-bond donors (Lipinski definition) is 4. The number of rotatable bonds is 15. The second-order valence-corrected chi connectivity index (χ2v) is 11.5. The summed E-state index contributed by atoms with van der Waals surface area (Å²) < 4.78 is 36.4. The van der Waals surface area contributed by atoms with Crippen LogP contribution in [0.15, 0.2) is 121 Å². The van der Waals surface area contributed by atoms with Crippen LogP contribution in [0.1, 0.15) is 37.0 Å². The quantitative estimate of drug-likeness (QED) is 0.103. The van der Waals surface area contributed by atoms with E-state index in [1.54, 1.807) is 0 Å². The van der Waals surface area contributed by atoms with Crippen LogP contribution in [0.3, 0.4) is 0 Å². The van der Waals surface area contributed by atoms with Crippen molar-refractivity contribution in [2.45, 2.75) is 39.5 Å². The van der Waals surface area contributed by atoms with Gasteiger partial charge in [-0.3, -0.25) is 14.4 Å². The normalized spacial score (nSPS) is 11.3. The van der Waals surface area contributed by atoms with Gasteiger partial charge in [-0.25, -0.2) is 0 Å². The first kappa shape index (κ1) is 53.7. The number of para-hydroxylation sites is 1. The van der Waals surface area contributed by atoms with Crippen LogP contribution < -0.4 is 21.5 Å². The van der Waals surface area contributed by atoms with E-state index in [9.17, 15) is 27.8 Å². The molecule has 0 aliphatic heterocycles. The first-order chi connectivity index (χ1) is 24.3. The predicted molar refractivity (Wildman–Crippen MR) is 190 cm³/mol. The molecule has 0 saturated carbocycles. The fourth-order valence-corrected chi connectivity index (χ4v) is 5.15. The minimum atomic E-state index is -0.781. The van der Waals surface area contributed by atoms with E-state index in [0.29, 0.717) is 32.2 Å². The molecule has 4 N–H and O–H groups in total. The number of carbonyl (C=O) groups excluding carboxylic acids is 3. The van der Waals surface area contributed by atoms with Crippen LogP contribution in [-0.2, 0) is 33.6 Å². The molecule has 0 fully saturated rings. The van der Waals surface area contributed by atoms with E-state index in [1.165, 1.54) is 11.1 Å². The minimum absolute atomic E-state index is 0. The number of amides is 3. The molecule has 53 heavy (non-hydrogen) atoms. The topological polar surface area (TPSA) is 111 Å². The van der Waals surface area contributed by atoms with Crippen LogP contribution >= 0.6 is 0 Å². The smallest absolute Gasteiger partial charge is 0.253 e. The van der Waals surface area contributed by atoms with E-state index >= 15 is 0 Å². The van der Waals surface area contributed by atoms with Gasteiger partial charge in [-0.15, -0.1) is 13.4 Å². The van der Waals surface area contributed by atoms with Gasteiger partial charge in [0.25, 0.3) is 17.7 Å². The largest absolute Gasteiger partial charge is 0.396 e. The molecule has 0 aliphatic carbocycles. The Balaban J connectivity index is 0. The van der Waals surface area contributed by atoms with Gasteiger partial charge in [0, 0.05) is 138 Å². The first-order valence-electron chi connectivity index (χ1n) is 16.5. The summed E-state index contributed by atoms with van der Waals surface area (Å²) in [6, 6.07) is 38.3. The van der Waals surface area contributed by atoms with E-state index < -0.39 is 29.6 Å². The molecule has 0 bridgehead atoms. The monoisotopic (exact) mass is 812 g/mol. The summed E-state index contributed by atoms with van der Waals surface area (Å²) in [5.74, 6) is -3.32. The van der Waals surface area contributed by atoms with Crippen LogP contribution in [-0.4, -0.2) is 42.5 Å². The number of hydrogen-bond acceptors (Lipinski definition) is 5. The number of aliphatic hydroxyl groups is 1. The minimum Gasteiger partial charge on any atom is -0.396 e. The number of halogens is 3. The van der Waals surface area contributed by atoms with Crippen molar-refractivity contribution in [2.75, 3.05) is 24.6 Å². The standard InChI is InChI=1S/C18H21FN2O.C11H14FNO.C10H12FNO2.3Ar/c1-2-21(17-11-7-4-8-12-17)14-16(18(22)20-19)13-15-9-5-3-6-10-15;1-2-10(11(14)13-12)8-9-6-4-3-5-7-9;11-12-10(14)9(7-13)6-8-4-2-1-3-5-8;;;/h3-12,16H,2,13-14H2,1H3,(H,20,22);3-7,10H,2,8H2,1H3,(H,13,14);1-5,9,13H,6-7H2,(H,12,14);;;/t16-;10-;9-;;;/m101.../s1. The molecule has 3 atom stereocenters. The molecule has 0 heterocycles. The van der Waals surface area contributed by atoms with E-state index in [1.807, 2.05) is 135 Å². The van der Waals surface area contributed by atoms with Crippen molar-refractivity contribution in [1.29, 1.82) is 0 Å². The Hall–Kier alpha value is -1.38. The molecule has 0 aliphatic rings. The second-order valence-electron chi connectivity index (χ2n) is 11.5. The molecule has 292 valence electrons. The molecule has 0 radical (unpaired) electrons. The number of carbonyl (C=O) groups is 3. The van der Waals surface area contributed by atoms with Gasteiger partial charge in [0.15, 0.2) is 0 Å². The van der Waals surface area contributed by atoms with E-state index in [4.69, 9.17) is 5.11 Å². The maximum atomic E-state index is 12.7. The van der Waals surface area contributed by atoms with Crippen LogP contribution in [0.2, 0.25) is 0 Å². The van der Waals surface area contributed by atoms with Gasteiger partial charge in [0.2, 0.25) is 0 Å². The van der Waals surface area contributed by atoms with Gasteiger partial charge >= 0.3 is 0 Å². The molecular weight excluding hydrogens is 765 g/mol. The zero-order valence-corrected chi connectivity index (χ0v) is 31.7. The van der Waals surface area contributed by atoms with Crippen molar-refractivity contribution in [2.24, 2.45) is 17.8 Å². The Labute approximate surface area is 400 Å². The van der Waals surface area contributed by atoms with E-state index in [-0.39, 0.29) is 126 Å². The van der Waals surface area contributed by atoms with Crippen molar-refractivity contribution >= 4 is 23.4 Å². The zero-order chi connectivity index (χ0) is 36.6. The second kappa shape index (κ2) is 32.8. The molecule has 4 aromatic rings. The summed E-state index contributed by atoms with van der Waals surface area (Å²) in [6.07, 6.45) is 2.09. The molecule has 14 heteroatoms. The van der Waals surface area contributed by atoms with Crippen LogP contribution in [0.25, 0.3) is 0 Å². The SMILES string of the molecule is CCN(C[C@@H](Cc1ccccc1)C(=O)NF)c1ccccc1.CC[C@@H](Cc1ccccc1)C(=O)NF.O=C(NF)[C@@H](CO)Cc1ccccc1.[Ar].[Ar].[Ar]. The Bertz CT molecular complexity index is 1460. The molecule has 0 saturated heterocycles. The molecule has 3 amide bonds. The third-order valence-electron chi connectivity index (χ3n) is 8.02. The summed E-state index contributed by atoms with van der Waals surface area (Å²) >= 11 is 0. The van der Waals surface area contributed by atoms with Crippen molar-refractivity contribution in [3.05, 3.63) is 138 Å². The summed E-state index contributed by atoms with van der Waals surface area (Å²) in [5.41, 5.74) is 7.56. The van der Waals surface area contributed by atoms with E-state index in [2.05, 4.69) is 4.90 Å². The van der Waals surface area contributed by atoms with Gasteiger partial charge in [-0.1, -0.05) is 116 Å². The van der Waals surface area contributed by atoms with Gasteiger partial charge in [-0.2, -0.15) is 16.6 Å². The average Bonchev–Trinajstić information content (AvgIpc) is 3.18. The molecule has 0 aromatic heterocycles. The summed E-state index contributed by atoms with van der Waals surface area (Å²) in [4.78, 5) is 35.9. The zero-order valence-electron chi connectivity index (χ0n) is 29.5. The average molecular weight is 813 g/mol. The predicted octanol–water partition coefficient (Wildman–Crippen LogP) is 6.47. The van der Waals surface area contributed by atoms with Crippen molar-refractivity contribution in [1.82, 2.24) is 16.6 Å². The number of nitrogens with one attached hydrogen (secondary N) is 3. The fraction of sp³-hybridized carbons (Fsp3) is 0.308. The number of benzene rings is 4. The van der Waals surface area contributed by atoms with Gasteiger partial charge in [-0.05, 0) is 61.4 Å². The fourth-order valence-electron chi connectivity index (χ4n) is 5.15. The third-order valence-corrected chi connectivity index (χ3v) is 8.02. The van der Waals surface area contributed by atoms with Crippen LogP contribution in [0.4, 0.5) is 19.1 Å². The summed E-state index contributed by atoms with van der Waals surface area (Å²) in [7, 11) is 0. The molecule has 0 unspecified atom stereocenters. The maximum absolute atomic E-state index is 12.7. The number of anilines is 1. The third kappa shape index (κ3) is 21.5. The number of nitrogens with zero attached hydrogens (tertiary/aromatic N) is 1. The molecule has 4 aromatic carbocycles. The molecule has 8 nitrogen and oxygen atoms in total. The maximum Gasteiger partial charge on any atom is 0.253 e. The van der Waals surface area contributed by atoms with Gasteiger partial charge < -0.3 is 10.0 Å². The van der Waals surface area contributed by atoms with Gasteiger partial charge in [0.1, 0.15) is 0 Å². The van der Waals surface area contributed by atoms with Crippen molar-refractivity contribution in [3.8, 4) is 0 Å². The van der Waals surface area contributed by atoms with Gasteiger partial charge in [0.05, 0.1) is 18.4 Å².